The lowest BCUT2D eigenvalue weighted by Crippen LogP contribution is -2.12. The van der Waals surface area contributed by atoms with Crippen molar-refractivity contribution in [3.05, 3.63) is 47.8 Å². The van der Waals surface area contributed by atoms with Crippen molar-refractivity contribution >= 4 is 5.69 Å². The Morgan fingerprint density at radius 3 is 2.29 bits per heavy atom. The number of nitrogen functional groups attached to an aromatic ring is 1. The molecule has 0 radical (unpaired) electrons. The lowest BCUT2D eigenvalue weighted by Gasteiger charge is -2.23. The second kappa shape index (κ2) is 5.64. The van der Waals surface area contributed by atoms with E-state index in [2.05, 4.69) is 20.8 Å². The molecule has 0 aromatic heterocycles. The fourth-order valence-corrected chi connectivity index (χ4v) is 2.08. The Morgan fingerprint density at radius 1 is 1.00 bits per heavy atom. The van der Waals surface area contributed by atoms with Crippen molar-refractivity contribution in [2.75, 3.05) is 12.8 Å². The zero-order valence-corrected chi connectivity index (χ0v) is 12.7. The normalized spacial score (nSPS) is 11.3. The summed E-state index contributed by atoms with van der Waals surface area (Å²) < 4.78 is 24.5. The van der Waals surface area contributed by atoms with E-state index in [9.17, 15) is 4.39 Å². The van der Waals surface area contributed by atoms with E-state index >= 15 is 0 Å². The smallest absolute Gasteiger partial charge is 0.132 e. The van der Waals surface area contributed by atoms with E-state index < -0.39 is 5.82 Å². The Bertz CT molecular complexity index is 627. The average molecular weight is 289 g/mol. The summed E-state index contributed by atoms with van der Waals surface area (Å²) in [6.07, 6.45) is 0. The van der Waals surface area contributed by atoms with Crippen LogP contribution in [0.1, 0.15) is 26.3 Å². The molecule has 0 saturated carbocycles. The third kappa shape index (κ3) is 3.66. The predicted molar refractivity (Wildman–Crippen MR) is 82.6 cm³/mol. The largest absolute Gasteiger partial charge is 0.497 e. The van der Waals surface area contributed by atoms with Crippen molar-refractivity contribution in [1.82, 2.24) is 0 Å². The van der Waals surface area contributed by atoms with Gasteiger partial charge in [-0.2, -0.15) is 0 Å². The molecule has 2 N–H and O–H groups in total. The van der Waals surface area contributed by atoms with Gasteiger partial charge in [-0.3, -0.25) is 0 Å². The minimum Gasteiger partial charge on any atom is -0.497 e. The fraction of sp³-hybridized carbons (Fsp3) is 0.294. The van der Waals surface area contributed by atoms with Crippen molar-refractivity contribution in [3.63, 3.8) is 0 Å². The summed E-state index contributed by atoms with van der Waals surface area (Å²) in [5, 5.41) is 0. The van der Waals surface area contributed by atoms with E-state index in [4.69, 9.17) is 15.2 Å². The molecule has 0 fully saturated rings. The molecule has 0 aliphatic heterocycles. The van der Waals surface area contributed by atoms with Gasteiger partial charge in [-0.1, -0.05) is 20.8 Å². The van der Waals surface area contributed by atoms with Gasteiger partial charge in [0, 0.05) is 23.4 Å². The number of methoxy groups -OCH3 is 1. The Morgan fingerprint density at radius 2 is 1.71 bits per heavy atom. The Kier molecular flexibility index (Phi) is 4.07. The van der Waals surface area contributed by atoms with Crippen LogP contribution in [0.25, 0.3) is 0 Å². The van der Waals surface area contributed by atoms with Gasteiger partial charge in [0.1, 0.15) is 23.1 Å². The Labute approximate surface area is 124 Å². The van der Waals surface area contributed by atoms with Crippen LogP contribution < -0.4 is 15.2 Å². The summed E-state index contributed by atoms with van der Waals surface area (Å²) in [5.74, 6) is 1.37. The monoisotopic (exact) mass is 289 g/mol. The zero-order chi connectivity index (χ0) is 15.6. The van der Waals surface area contributed by atoms with Gasteiger partial charge in [0.2, 0.25) is 0 Å². The topological polar surface area (TPSA) is 44.5 Å². The molecule has 0 bridgehead atoms. The third-order valence-electron chi connectivity index (χ3n) is 3.12. The molecule has 0 amide bonds. The van der Waals surface area contributed by atoms with Crippen LogP contribution in [0.15, 0.2) is 36.4 Å². The van der Waals surface area contributed by atoms with Crippen LogP contribution in [0.4, 0.5) is 10.1 Å². The maximum atomic E-state index is 13.4. The van der Waals surface area contributed by atoms with E-state index in [0.717, 1.165) is 11.3 Å². The van der Waals surface area contributed by atoms with Gasteiger partial charge in [0.25, 0.3) is 0 Å². The molecule has 21 heavy (non-hydrogen) atoms. The van der Waals surface area contributed by atoms with Gasteiger partial charge in [-0.15, -0.1) is 0 Å². The standard InChI is InChI=1S/C17H20FNO2/c1-17(2,3)15-10-13(20-4)5-6-16(15)21-14-8-11(18)7-12(19)9-14/h5-10H,19H2,1-4H3. The van der Waals surface area contributed by atoms with Crippen molar-refractivity contribution in [3.8, 4) is 17.2 Å². The Balaban J connectivity index is 2.43. The predicted octanol–water partition coefficient (Wildman–Crippen LogP) is 4.51. The van der Waals surface area contributed by atoms with E-state index in [1.54, 1.807) is 13.2 Å². The first-order valence-electron chi connectivity index (χ1n) is 6.72. The SMILES string of the molecule is COc1ccc(Oc2cc(N)cc(F)c2)c(C(C)(C)C)c1. The molecule has 0 saturated heterocycles. The molecule has 0 unspecified atom stereocenters. The molecule has 0 aliphatic carbocycles. The zero-order valence-electron chi connectivity index (χ0n) is 12.7. The number of halogens is 1. The molecule has 2 aromatic carbocycles. The quantitative estimate of drug-likeness (QED) is 0.846. The number of rotatable bonds is 3. The van der Waals surface area contributed by atoms with Gasteiger partial charge in [-0.05, 0) is 29.7 Å². The lowest BCUT2D eigenvalue weighted by atomic mass is 9.86. The highest BCUT2D eigenvalue weighted by atomic mass is 19.1. The summed E-state index contributed by atoms with van der Waals surface area (Å²) in [6.45, 7) is 6.23. The van der Waals surface area contributed by atoms with Crippen LogP contribution in [-0.4, -0.2) is 7.11 Å². The Hall–Kier alpha value is -2.23. The third-order valence-corrected chi connectivity index (χ3v) is 3.12. The van der Waals surface area contributed by atoms with Crippen molar-refractivity contribution in [2.45, 2.75) is 26.2 Å². The number of nitrogens with two attached hydrogens (primary N) is 1. The van der Waals surface area contributed by atoms with Crippen molar-refractivity contribution < 1.29 is 13.9 Å². The summed E-state index contributed by atoms with van der Waals surface area (Å²) in [6, 6.07) is 9.73. The average Bonchev–Trinajstić information content (AvgIpc) is 2.36. The molecule has 2 rings (SSSR count). The molecule has 3 nitrogen and oxygen atoms in total. The van der Waals surface area contributed by atoms with Gasteiger partial charge in [0.15, 0.2) is 0 Å². The number of anilines is 1. The highest BCUT2D eigenvalue weighted by Gasteiger charge is 2.20. The first kappa shape index (κ1) is 15.2. The van der Waals surface area contributed by atoms with Crippen molar-refractivity contribution in [2.24, 2.45) is 0 Å². The second-order valence-electron chi connectivity index (χ2n) is 5.93. The molecule has 4 heteroatoms. The molecule has 0 atom stereocenters. The minimum absolute atomic E-state index is 0.136. The van der Waals surface area contributed by atoms with Crippen LogP contribution in [0.5, 0.6) is 17.2 Å². The summed E-state index contributed by atoms with van der Waals surface area (Å²) in [4.78, 5) is 0. The van der Waals surface area contributed by atoms with Crippen LogP contribution in [0.3, 0.4) is 0 Å². The van der Waals surface area contributed by atoms with Crippen LogP contribution in [-0.2, 0) is 5.41 Å². The summed E-state index contributed by atoms with van der Waals surface area (Å²) in [7, 11) is 1.62. The molecule has 0 heterocycles. The van der Waals surface area contributed by atoms with E-state index in [0.29, 0.717) is 17.2 Å². The highest BCUT2D eigenvalue weighted by molar-refractivity contribution is 5.49. The maximum absolute atomic E-state index is 13.4. The molecule has 2 aromatic rings. The molecule has 112 valence electrons. The van der Waals surface area contributed by atoms with E-state index in [1.807, 2.05) is 18.2 Å². The van der Waals surface area contributed by atoms with Crippen LogP contribution >= 0.6 is 0 Å². The molecule has 0 aliphatic rings. The van der Waals surface area contributed by atoms with Crippen LogP contribution in [0, 0.1) is 5.82 Å². The van der Waals surface area contributed by atoms with Gasteiger partial charge >= 0.3 is 0 Å². The van der Waals surface area contributed by atoms with Gasteiger partial charge in [0.05, 0.1) is 7.11 Å². The number of benzene rings is 2. The fourth-order valence-electron chi connectivity index (χ4n) is 2.08. The first-order chi connectivity index (χ1) is 9.79. The molecular weight excluding hydrogens is 269 g/mol. The second-order valence-corrected chi connectivity index (χ2v) is 5.93. The molecular formula is C17H20FNO2. The first-order valence-corrected chi connectivity index (χ1v) is 6.72. The molecule has 0 spiro atoms. The number of ether oxygens (including phenoxy) is 2. The maximum Gasteiger partial charge on any atom is 0.132 e. The van der Waals surface area contributed by atoms with Gasteiger partial charge < -0.3 is 15.2 Å². The number of hydrogen-bond acceptors (Lipinski definition) is 3. The summed E-state index contributed by atoms with van der Waals surface area (Å²) >= 11 is 0. The number of hydrogen-bond donors (Lipinski definition) is 1. The minimum atomic E-state index is -0.421. The van der Waals surface area contributed by atoms with Crippen LogP contribution in [0.2, 0.25) is 0 Å². The van der Waals surface area contributed by atoms with E-state index in [-0.39, 0.29) is 5.41 Å². The van der Waals surface area contributed by atoms with Gasteiger partial charge in [-0.25, -0.2) is 4.39 Å². The summed E-state index contributed by atoms with van der Waals surface area (Å²) in [5.41, 5.74) is 6.81. The van der Waals surface area contributed by atoms with Crippen molar-refractivity contribution in [1.29, 1.82) is 0 Å². The highest BCUT2D eigenvalue weighted by Crippen LogP contribution is 2.37. The lowest BCUT2D eigenvalue weighted by molar-refractivity contribution is 0.407. The van der Waals surface area contributed by atoms with E-state index in [1.165, 1.54) is 12.1 Å².